The first-order chi connectivity index (χ1) is 34.8. The van der Waals surface area contributed by atoms with Crippen LogP contribution in [0.25, 0.3) is 0 Å². The number of cyclic esters (lactones) is 4. The predicted molar refractivity (Wildman–Crippen MR) is 272 cm³/mol. The van der Waals surface area contributed by atoms with Crippen LogP contribution < -0.4 is 34.7 Å². The van der Waals surface area contributed by atoms with Crippen molar-refractivity contribution in [1.82, 2.24) is 0 Å². The molecule has 12 aliphatic rings. The van der Waals surface area contributed by atoms with Crippen LogP contribution in [0.2, 0.25) is 0 Å². The molecule has 7 saturated carbocycles. The minimum atomic E-state index is -0.508. The van der Waals surface area contributed by atoms with Crippen LogP contribution in [0.15, 0.2) is 12.2 Å². The van der Waals surface area contributed by atoms with Gasteiger partial charge < -0.3 is 43.7 Å². The Bertz CT molecular complexity index is 1840. The number of rotatable bonds is 3. The van der Waals surface area contributed by atoms with Gasteiger partial charge in [-0.15, -0.1) is 23.2 Å². The summed E-state index contributed by atoms with van der Waals surface area (Å²) in [5, 5.41) is 21.6. The second-order valence-electron chi connectivity index (χ2n) is 22.9. The third-order valence-corrected chi connectivity index (χ3v) is 18.2. The molecule has 4 aliphatic heterocycles. The number of methoxy groups -OCH3 is 2. The van der Waals surface area contributed by atoms with Crippen LogP contribution in [-0.2, 0) is 66.8 Å². The second kappa shape index (κ2) is 29.6. The number of carbonyl (C=O) groups is 8. The summed E-state index contributed by atoms with van der Waals surface area (Å²) >= 11 is 14.5. The van der Waals surface area contributed by atoms with Crippen molar-refractivity contribution in [3.05, 3.63) is 12.2 Å². The van der Waals surface area contributed by atoms with Gasteiger partial charge in [-0.1, -0.05) is 12.2 Å². The number of fused-ring (bicyclic) bond motifs is 20. The normalized spacial score (nSPS) is 36.7. The van der Waals surface area contributed by atoms with Gasteiger partial charge in [-0.2, -0.15) is 7.11 Å². The molecule has 75 heavy (non-hydrogen) atoms. The molecule has 0 amide bonds. The summed E-state index contributed by atoms with van der Waals surface area (Å²) in [7, 11) is 4.36. The van der Waals surface area contributed by atoms with Crippen LogP contribution >= 0.6 is 34.8 Å². The molecule has 0 spiro atoms. The fourth-order valence-corrected chi connectivity index (χ4v) is 15.7. The number of aliphatic hydroxyl groups excluding tert-OH is 1. The molecule has 2 N–H and O–H groups in total. The van der Waals surface area contributed by atoms with Crippen molar-refractivity contribution in [1.29, 1.82) is 0 Å². The zero-order valence-electron chi connectivity index (χ0n) is 46.2. The molecule has 8 bridgehead atoms. The van der Waals surface area contributed by atoms with Gasteiger partial charge in [0.1, 0.15) is 28.3 Å². The SMILES string of the molecule is CC1(C)OC(=O)C2C3C=CC(C3)C21.CC1(C)OC(=O)C2C3CCC(C3)C21.CC1(C)OC(=O)C2C3CCC(C3)C21.CC1(C)OC(=O)C2C3CCC(C3)C21.CO.COC(=O)CCl.COC=O.C[O-].O=C(Cl)CCl.O=CO.[Na+]. The molecule has 0 aromatic heterocycles. The van der Waals surface area contributed by atoms with Crippen LogP contribution in [-0.4, -0.2) is 121 Å². The van der Waals surface area contributed by atoms with Gasteiger partial charge in [-0.05, 0) is 179 Å². The Kier molecular flexibility index (Phi) is 27.1. The van der Waals surface area contributed by atoms with Gasteiger partial charge in [0.15, 0.2) is 0 Å². The number of carbonyl (C=O) groups excluding carboxylic acids is 7. The summed E-state index contributed by atoms with van der Waals surface area (Å²) in [6.07, 6.45) is 17.3. The predicted octanol–water partition coefficient (Wildman–Crippen LogP) is 4.18. The van der Waals surface area contributed by atoms with E-state index in [1.807, 2.05) is 13.8 Å². The van der Waals surface area contributed by atoms with E-state index in [0.717, 1.165) is 32.0 Å². The van der Waals surface area contributed by atoms with Crippen molar-refractivity contribution >= 4 is 82.8 Å². The van der Waals surface area contributed by atoms with E-state index in [4.69, 9.17) is 78.7 Å². The van der Waals surface area contributed by atoms with E-state index in [-0.39, 0.29) is 118 Å². The molecule has 0 radical (unpaired) electrons. The molecular formula is C54H82Cl3NaO17. The molecule has 0 aromatic carbocycles. The summed E-state index contributed by atoms with van der Waals surface area (Å²) < 4.78 is 29.8. The van der Waals surface area contributed by atoms with E-state index in [9.17, 15) is 28.8 Å². The Morgan fingerprint density at radius 3 is 1.07 bits per heavy atom. The van der Waals surface area contributed by atoms with Crippen molar-refractivity contribution in [2.45, 2.75) is 142 Å². The Morgan fingerprint density at radius 1 is 0.573 bits per heavy atom. The monoisotopic (exact) mass is 1130 g/mol. The third kappa shape index (κ3) is 15.7. The van der Waals surface area contributed by atoms with E-state index in [1.54, 1.807) is 0 Å². The Balaban J connectivity index is 0.000000303. The van der Waals surface area contributed by atoms with Crippen LogP contribution in [0.3, 0.4) is 0 Å². The zero-order valence-corrected chi connectivity index (χ0v) is 50.5. The number of hydrogen-bond donors (Lipinski definition) is 2. The van der Waals surface area contributed by atoms with E-state index < -0.39 is 11.2 Å². The zero-order chi connectivity index (χ0) is 56.3. The number of hydrogen-bond acceptors (Lipinski definition) is 16. The van der Waals surface area contributed by atoms with Gasteiger partial charge in [0.2, 0.25) is 5.24 Å². The molecule has 21 heteroatoms. The third-order valence-electron chi connectivity index (χ3n) is 17.5. The molecule has 11 fully saturated rings. The molecule has 16 unspecified atom stereocenters. The minimum Gasteiger partial charge on any atom is -0.857 e. The van der Waals surface area contributed by atoms with Crippen LogP contribution in [0.1, 0.15) is 120 Å². The van der Waals surface area contributed by atoms with E-state index in [1.165, 1.54) is 78.4 Å². The van der Waals surface area contributed by atoms with Gasteiger partial charge in [0, 0.05) is 30.8 Å². The molecule has 4 heterocycles. The molecule has 12 rings (SSSR count). The average Bonchev–Trinajstić information content (AvgIpc) is 4.21. The van der Waals surface area contributed by atoms with Crippen LogP contribution in [0, 0.1) is 94.7 Å². The summed E-state index contributed by atoms with van der Waals surface area (Å²) in [6, 6.07) is 0. The van der Waals surface area contributed by atoms with E-state index >= 15 is 0 Å². The number of halogens is 3. The topological polar surface area (TPSA) is 255 Å². The number of esters is 5. The number of alkyl halides is 2. The van der Waals surface area contributed by atoms with Crippen molar-refractivity contribution in [3.8, 4) is 0 Å². The maximum absolute atomic E-state index is 11.6. The number of carboxylic acid groups (broad SMARTS) is 1. The fraction of sp³-hybridized carbons (Fsp3) is 0.815. The van der Waals surface area contributed by atoms with Gasteiger partial charge >= 0.3 is 59.4 Å². The first-order valence-corrected chi connectivity index (χ1v) is 27.1. The number of allylic oxidation sites excluding steroid dienone is 2. The first-order valence-electron chi connectivity index (χ1n) is 25.7. The maximum atomic E-state index is 11.6. The largest absolute Gasteiger partial charge is 1.00 e. The first kappa shape index (κ1) is 68.6. The Labute approximate surface area is 480 Å². The maximum Gasteiger partial charge on any atom is 1.00 e. The van der Waals surface area contributed by atoms with Crippen LogP contribution in [0.5, 0.6) is 0 Å². The summed E-state index contributed by atoms with van der Waals surface area (Å²) in [4.78, 5) is 83.1. The Hall–Kier alpha value is -2.51. The fourth-order valence-electron chi connectivity index (χ4n) is 15.6. The minimum absolute atomic E-state index is 0. The molecule has 422 valence electrons. The van der Waals surface area contributed by atoms with Gasteiger partial charge in [0.25, 0.3) is 12.9 Å². The number of aliphatic hydroxyl groups is 1. The van der Waals surface area contributed by atoms with Crippen molar-refractivity contribution in [3.63, 3.8) is 0 Å². The van der Waals surface area contributed by atoms with Crippen molar-refractivity contribution in [2.75, 3.05) is 40.2 Å². The number of ether oxygens (including phenoxy) is 6. The standard InChI is InChI=1S/3C11H16O2.C11H14O2.C3H5ClO2.C2H2Cl2O.C2H4O2.CH2O2.CH4O.CH3O.Na/c4*1-11(2)9-7-4-3-6(5-7)8(9)10(12)13-11;1-6-3(5)2-4;3-1-2(4)5;1-4-2-3;2-1-3;2*1-2;/h3*6-9H,3-5H2,1-2H3;3-4,6-9H,5H2,1-2H3;2H2,1H3;1H2;2H,1H3;1H,(H,2,3);2H,1H3;1H3;/q;;;;;;;;;-1;+1. The smallest absolute Gasteiger partial charge is 0.857 e. The van der Waals surface area contributed by atoms with Gasteiger partial charge in [-0.3, -0.25) is 38.4 Å². The Morgan fingerprint density at radius 2 is 0.840 bits per heavy atom. The molecule has 16 atom stereocenters. The average molecular weight is 1130 g/mol. The molecule has 0 aromatic rings. The summed E-state index contributed by atoms with van der Waals surface area (Å²) in [6.45, 7) is 16.7. The molecular weight excluding hydrogens is 1050 g/mol. The van der Waals surface area contributed by atoms with Gasteiger partial charge in [0.05, 0.1) is 43.8 Å². The summed E-state index contributed by atoms with van der Waals surface area (Å²) in [5.41, 5.74) is -0.767. The molecule has 4 saturated heterocycles. The van der Waals surface area contributed by atoms with E-state index in [2.05, 4.69) is 63.2 Å². The van der Waals surface area contributed by atoms with Crippen molar-refractivity contribution < 1.29 is 112 Å². The molecule has 17 nitrogen and oxygen atoms in total. The van der Waals surface area contributed by atoms with E-state index in [0.29, 0.717) is 59.7 Å². The summed E-state index contributed by atoms with van der Waals surface area (Å²) in [5.74, 6) is 8.07. The molecule has 8 aliphatic carbocycles. The second-order valence-corrected chi connectivity index (χ2v) is 23.8. The van der Waals surface area contributed by atoms with Gasteiger partial charge in [-0.25, -0.2) is 0 Å². The van der Waals surface area contributed by atoms with Crippen molar-refractivity contribution in [2.24, 2.45) is 94.7 Å². The quantitative estimate of drug-likeness (QED) is 0.0764. The van der Waals surface area contributed by atoms with Crippen LogP contribution in [0.4, 0.5) is 0 Å².